The summed E-state index contributed by atoms with van der Waals surface area (Å²) < 4.78 is 16.7. The van der Waals surface area contributed by atoms with Gasteiger partial charge in [-0.25, -0.2) is 0 Å². The Labute approximate surface area is 190 Å². The predicted octanol–water partition coefficient (Wildman–Crippen LogP) is 7.01. The van der Waals surface area contributed by atoms with E-state index in [2.05, 4.69) is 42.8 Å². The van der Waals surface area contributed by atoms with Crippen LogP contribution in [0.4, 0.5) is 0 Å². The highest BCUT2D eigenvalue weighted by Gasteiger charge is 2.14. The molecule has 32 heavy (non-hydrogen) atoms. The molecule has 0 aliphatic rings. The van der Waals surface area contributed by atoms with E-state index in [9.17, 15) is 0 Å². The van der Waals surface area contributed by atoms with Crippen molar-refractivity contribution in [2.75, 3.05) is 21.3 Å². The summed E-state index contributed by atoms with van der Waals surface area (Å²) in [5.41, 5.74) is 7.33. The summed E-state index contributed by atoms with van der Waals surface area (Å²) in [5.74, 6) is 2.17. The van der Waals surface area contributed by atoms with E-state index < -0.39 is 0 Å². The zero-order valence-corrected chi connectivity index (χ0v) is 19.3. The number of pyridine rings is 1. The number of benzene rings is 2. The number of rotatable bonds is 8. The molecular formula is C28H29NO3. The Morgan fingerprint density at radius 3 is 2.00 bits per heavy atom. The van der Waals surface area contributed by atoms with Crippen LogP contribution in [-0.4, -0.2) is 26.3 Å². The molecule has 4 heteroatoms. The minimum Gasteiger partial charge on any atom is -0.496 e. The zero-order chi connectivity index (χ0) is 23.1. The van der Waals surface area contributed by atoms with Crippen LogP contribution in [0.2, 0.25) is 0 Å². The average Bonchev–Trinajstić information content (AvgIpc) is 2.84. The van der Waals surface area contributed by atoms with Crippen LogP contribution in [0.1, 0.15) is 36.1 Å². The normalized spacial score (nSPS) is 11.5. The maximum Gasteiger partial charge on any atom is 0.161 e. The van der Waals surface area contributed by atoms with Crippen molar-refractivity contribution in [1.29, 1.82) is 0 Å². The summed E-state index contributed by atoms with van der Waals surface area (Å²) in [7, 11) is 4.97. The topological polar surface area (TPSA) is 40.6 Å². The first-order valence-electron chi connectivity index (χ1n) is 10.4. The zero-order valence-electron chi connectivity index (χ0n) is 19.3. The fraction of sp³-hybridized carbons (Fsp3) is 0.179. The Kier molecular flexibility index (Phi) is 7.50. The Morgan fingerprint density at radius 2 is 1.44 bits per heavy atom. The van der Waals surface area contributed by atoms with Crippen molar-refractivity contribution in [3.63, 3.8) is 0 Å². The van der Waals surface area contributed by atoms with Crippen LogP contribution in [0.5, 0.6) is 17.2 Å². The maximum absolute atomic E-state index is 5.71. The SMILES string of the molecule is C=Cc1cc(OC)c(OC)cc1/C=C(\C)c1cc(-c2ccncc2)c(OC)cc1/C=C\C. The van der Waals surface area contributed by atoms with Crippen LogP contribution in [0, 0.1) is 0 Å². The molecule has 1 heterocycles. The third-order valence-electron chi connectivity index (χ3n) is 5.32. The van der Waals surface area contributed by atoms with E-state index in [1.54, 1.807) is 33.7 Å². The molecule has 0 aliphatic carbocycles. The van der Waals surface area contributed by atoms with E-state index in [-0.39, 0.29) is 0 Å². The number of ether oxygens (including phenoxy) is 3. The minimum absolute atomic E-state index is 0.677. The molecule has 3 rings (SSSR count). The Bertz CT molecular complexity index is 1160. The van der Waals surface area contributed by atoms with Crippen LogP contribution in [0.15, 0.2) is 61.4 Å². The number of hydrogen-bond acceptors (Lipinski definition) is 4. The molecular weight excluding hydrogens is 398 g/mol. The molecule has 164 valence electrons. The van der Waals surface area contributed by atoms with Gasteiger partial charge in [-0.05, 0) is 83.6 Å². The summed E-state index contributed by atoms with van der Waals surface area (Å²) in [6.45, 7) is 8.08. The lowest BCUT2D eigenvalue weighted by atomic mass is 9.92. The van der Waals surface area contributed by atoms with Crippen molar-refractivity contribution in [3.05, 3.63) is 83.7 Å². The molecule has 0 bridgehead atoms. The van der Waals surface area contributed by atoms with Gasteiger partial charge >= 0.3 is 0 Å². The molecule has 0 saturated carbocycles. The fourth-order valence-corrected chi connectivity index (χ4v) is 3.70. The third kappa shape index (κ3) is 4.75. The first kappa shape index (κ1) is 22.9. The van der Waals surface area contributed by atoms with Crippen LogP contribution in [-0.2, 0) is 0 Å². The molecule has 0 N–H and O–H groups in total. The molecule has 3 aromatic rings. The molecule has 0 aliphatic heterocycles. The highest BCUT2D eigenvalue weighted by molar-refractivity contribution is 5.89. The van der Waals surface area contributed by atoms with Gasteiger partial charge < -0.3 is 14.2 Å². The quantitative estimate of drug-likeness (QED) is 0.363. The first-order valence-corrected chi connectivity index (χ1v) is 10.4. The predicted molar refractivity (Wildman–Crippen MR) is 134 cm³/mol. The standard InChI is InChI=1S/C28H29NO3/c1-7-9-22-16-26(30-4)25(21-10-12-29-13-11-21)18-24(22)19(3)14-23-17-28(32-6)27(31-5)15-20(23)8-2/h7-18H,2H2,1,3-6H3/b9-7-,19-14+. The van der Waals surface area contributed by atoms with E-state index >= 15 is 0 Å². The van der Waals surface area contributed by atoms with Gasteiger partial charge in [0.05, 0.1) is 21.3 Å². The third-order valence-corrected chi connectivity index (χ3v) is 5.32. The van der Waals surface area contributed by atoms with Crippen molar-refractivity contribution in [2.45, 2.75) is 13.8 Å². The molecule has 0 radical (unpaired) electrons. The van der Waals surface area contributed by atoms with Gasteiger partial charge in [-0.3, -0.25) is 4.98 Å². The van der Waals surface area contributed by atoms with Crippen molar-refractivity contribution >= 4 is 23.8 Å². The van der Waals surface area contributed by atoms with Crippen LogP contribution >= 0.6 is 0 Å². The van der Waals surface area contributed by atoms with E-state index in [1.165, 1.54) is 0 Å². The second-order valence-electron chi connectivity index (χ2n) is 7.24. The lowest BCUT2D eigenvalue weighted by Gasteiger charge is -2.16. The van der Waals surface area contributed by atoms with Gasteiger partial charge in [0, 0.05) is 18.0 Å². The number of allylic oxidation sites excluding steroid dienone is 2. The van der Waals surface area contributed by atoms with E-state index in [4.69, 9.17) is 14.2 Å². The highest BCUT2D eigenvalue weighted by atomic mass is 16.5. The largest absolute Gasteiger partial charge is 0.496 e. The summed E-state index contributed by atoms with van der Waals surface area (Å²) >= 11 is 0. The molecule has 4 nitrogen and oxygen atoms in total. The van der Waals surface area contributed by atoms with Gasteiger partial charge in [-0.1, -0.05) is 30.9 Å². The molecule has 0 spiro atoms. The Hall–Kier alpha value is -3.79. The van der Waals surface area contributed by atoms with Crippen LogP contribution in [0.3, 0.4) is 0 Å². The second-order valence-corrected chi connectivity index (χ2v) is 7.24. The maximum atomic E-state index is 5.71. The van der Waals surface area contributed by atoms with Crippen LogP contribution < -0.4 is 14.2 Å². The van der Waals surface area contributed by atoms with Crippen molar-refractivity contribution in [1.82, 2.24) is 4.98 Å². The van der Waals surface area contributed by atoms with Gasteiger partial charge in [-0.15, -0.1) is 0 Å². The lowest BCUT2D eigenvalue weighted by molar-refractivity contribution is 0.355. The van der Waals surface area contributed by atoms with Gasteiger partial charge in [0.25, 0.3) is 0 Å². The average molecular weight is 428 g/mol. The van der Waals surface area contributed by atoms with Crippen molar-refractivity contribution < 1.29 is 14.2 Å². The van der Waals surface area contributed by atoms with E-state index in [0.29, 0.717) is 11.5 Å². The molecule has 1 aromatic heterocycles. The molecule has 0 atom stereocenters. The first-order chi connectivity index (χ1) is 15.6. The van der Waals surface area contributed by atoms with Gasteiger partial charge in [0.1, 0.15) is 5.75 Å². The monoisotopic (exact) mass is 427 g/mol. The van der Waals surface area contributed by atoms with Gasteiger partial charge in [-0.2, -0.15) is 0 Å². The number of nitrogens with zero attached hydrogens (tertiary/aromatic N) is 1. The molecule has 0 saturated heterocycles. The molecule has 0 fully saturated rings. The second kappa shape index (κ2) is 10.5. The van der Waals surface area contributed by atoms with Gasteiger partial charge in [0.2, 0.25) is 0 Å². The summed E-state index contributed by atoms with van der Waals surface area (Å²) in [6.07, 6.45) is 11.7. The molecule has 2 aromatic carbocycles. The van der Waals surface area contributed by atoms with E-state index in [1.807, 2.05) is 43.3 Å². The van der Waals surface area contributed by atoms with Crippen LogP contribution in [0.25, 0.3) is 34.9 Å². The number of aromatic nitrogens is 1. The molecule has 0 unspecified atom stereocenters. The van der Waals surface area contributed by atoms with E-state index in [0.717, 1.165) is 44.7 Å². The summed E-state index contributed by atoms with van der Waals surface area (Å²) in [6, 6.07) is 12.1. The minimum atomic E-state index is 0.677. The fourth-order valence-electron chi connectivity index (χ4n) is 3.70. The number of methoxy groups -OCH3 is 3. The number of hydrogen-bond donors (Lipinski definition) is 0. The highest BCUT2D eigenvalue weighted by Crippen LogP contribution is 2.37. The van der Waals surface area contributed by atoms with Crippen molar-refractivity contribution in [3.8, 4) is 28.4 Å². The lowest BCUT2D eigenvalue weighted by Crippen LogP contribution is -1.95. The Morgan fingerprint density at radius 1 is 0.844 bits per heavy atom. The summed E-state index contributed by atoms with van der Waals surface area (Å²) in [4.78, 5) is 4.14. The van der Waals surface area contributed by atoms with Gasteiger partial charge in [0.15, 0.2) is 11.5 Å². The summed E-state index contributed by atoms with van der Waals surface area (Å²) in [5, 5.41) is 0. The molecule has 0 amide bonds. The van der Waals surface area contributed by atoms with Crippen molar-refractivity contribution in [2.24, 2.45) is 0 Å². The smallest absolute Gasteiger partial charge is 0.161 e. The Balaban J connectivity index is 2.22.